The molecule has 3 nitrogen and oxygen atoms in total. The molecule has 0 unspecified atom stereocenters. The van der Waals surface area contributed by atoms with Crippen LogP contribution in [0.1, 0.15) is 18.9 Å². The van der Waals surface area contributed by atoms with Gasteiger partial charge in [-0.05, 0) is 29.2 Å². The van der Waals surface area contributed by atoms with Gasteiger partial charge in [-0.1, -0.05) is 49.4 Å². The van der Waals surface area contributed by atoms with Gasteiger partial charge in [-0.2, -0.15) is 0 Å². The normalized spacial score (nSPS) is 11.2. The van der Waals surface area contributed by atoms with E-state index in [1.54, 1.807) is 0 Å². The third-order valence-electron chi connectivity index (χ3n) is 3.04. The maximum Gasteiger partial charge on any atom is 0.188 e. The standard InChI is InChI=1S/C16H21N3.HI/c1-2-10-18-16(17)19-11-9-13-7-8-14-5-3-4-6-15(14)12-13;/h3-8,12H,2,9-11H2,1H3,(H3,17,18,19);1H. The van der Waals surface area contributed by atoms with E-state index in [0.717, 1.165) is 25.9 Å². The van der Waals surface area contributed by atoms with E-state index in [9.17, 15) is 0 Å². The number of hydrogen-bond donors (Lipinski definition) is 2. The number of fused-ring (bicyclic) bond motifs is 1. The van der Waals surface area contributed by atoms with Crippen molar-refractivity contribution in [2.75, 3.05) is 13.1 Å². The van der Waals surface area contributed by atoms with Crippen molar-refractivity contribution in [2.45, 2.75) is 19.8 Å². The molecule has 2 aromatic rings. The van der Waals surface area contributed by atoms with Crippen LogP contribution < -0.4 is 11.1 Å². The highest BCUT2D eigenvalue weighted by atomic mass is 127. The minimum Gasteiger partial charge on any atom is -0.370 e. The molecule has 4 heteroatoms. The fourth-order valence-corrected chi connectivity index (χ4v) is 2.02. The zero-order chi connectivity index (χ0) is 13.5. The van der Waals surface area contributed by atoms with Crippen molar-refractivity contribution in [3.8, 4) is 0 Å². The maximum atomic E-state index is 5.75. The molecule has 0 amide bonds. The van der Waals surface area contributed by atoms with Crippen LogP contribution in [0.5, 0.6) is 0 Å². The van der Waals surface area contributed by atoms with Gasteiger partial charge in [0.15, 0.2) is 5.96 Å². The Hall–Kier alpha value is -1.30. The lowest BCUT2D eigenvalue weighted by atomic mass is 10.1. The Labute approximate surface area is 137 Å². The predicted octanol–water partition coefficient (Wildman–Crippen LogP) is 3.31. The van der Waals surface area contributed by atoms with Crippen LogP contribution in [0.3, 0.4) is 0 Å². The summed E-state index contributed by atoms with van der Waals surface area (Å²) in [6, 6.07) is 15.0. The second-order valence-corrected chi connectivity index (χ2v) is 4.63. The van der Waals surface area contributed by atoms with E-state index >= 15 is 0 Å². The van der Waals surface area contributed by atoms with Gasteiger partial charge in [0.25, 0.3) is 0 Å². The number of halogens is 1. The lowest BCUT2D eigenvalue weighted by Crippen LogP contribution is -2.33. The molecule has 0 saturated carbocycles. The number of benzene rings is 2. The highest BCUT2D eigenvalue weighted by Crippen LogP contribution is 2.15. The van der Waals surface area contributed by atoms with Crippen molar-refractivity contribution in [3.63, 3.8) is 0 Å². The number of aliphatic imine (C=N–C) groups is 1. The topological polar surface area (TPSA) is 50.4 Å². The Kier molecular flexibility index (Phi) is 7.36. The summed E-state index contributed by atoms with van der Waals surface area (Å²) in [5.41, 5.74) is 7.07. The number of nitrogens with one attached hydrogen (secondary N) is 1. The molecule has 0 aliphatic heterocycles. The fourth-order valence-electron chi connectivity index (χ4n) is 2.02. The Morgan fingerprint density at radius 1 is 1.15 bits per heavy atom. The molecule has 0 aliphatic carbocycles. The van der Waals surface area contributed by atoms with Crippen molar-refractivity contribution in [3.05, 3.63) is 48.0 Å². The summed E-state index contributed by atoms with van der Waals surface area (Å²) in [6.07, 6.45) is 1.97. The van der Waals surface area contributed by atoms with Crippen LogP contribution in [0.4, 0.5) is 0 Å². The van der Waals surface area contributed by atoms with Gasteiger partial charge in [0, 0.05) is 13.1 Å². The summed E-state index contributed by atoms with van der Waals surface area (Å²) >= 11 is 0. The quantitative estimate of drug-likeness (QED) is 0.473. The van der Waals surface area contributed by atoms with Crippen LogP contribution >= 0.6 is 24.0 Å². The average molecular weight is 383 g/mol. The number of guanidine groups is 1. The van der Waals surface area contributed by atoms with Gasteiger partial charge in [-0.3, -0.25) is 4.99 Å². The molecule has 2 aromatic carbocycles. The SMILES string of the molecule is CCCN=C(N)NCCc1ccc2ccccc2c1.I. The molecular weight excluding hydrogens is 361 g/mol. The molecular formula is C16H22IN3. The van der Waals surface area contributed by atoms with E-state index in [1.807, 2.05) is 0 Å². The molecule has 20 heavy (non-hydrogen) atoms. The fraction of sp³-hybridized carbons (Fsp3) is 0.312. The molecule has 0 atom stereocenters. The first-order valence-electron chi connectivity index (χ1n) is 6.81. The van der Waals surface area contributed by atoms with Crippen molar-refractivity contribution in [1.29, 1.82) is 0 Å². The maximum absolute atomic E-state index is 5.75. The molecule has 0 bridgehead atoms. The largest absolute Gasteiger partial charge is 0.370 e. The second-order valence-electron chi connectivity index (χ2n) is 4.63. The van der Waals surface area contributed by atoms with E-state index in [2.05, 4.69) is 59.7 Å². The van der Waals surface area contributed by atoms with Gasteiger partial charge in [-0.15, -0.1) is 24.0 Å². The minimum absolute atomic E-state index is 0. The van der Waals surface area contributed by atoms with Crippen LogP contribution in [0.25, 0.3) is 10.8 Å². The minimum atomic E-state index is 0. The lowest BCUT2D eigenvalue weighted by Gasteiger charge is -2.06. The van der Waals surface area contributed by atoms with Crippen LogP contribution in [0.2, 0.25) is 0 Å². The molecule has 108 valence electrons. The molecule has 0 heterocycles. The van der Waals surface area contributed by atoms with Gasteiger partial charge < -0.3 is 11.1 Å². The summed E-state index contributed by atoms with van der Waals surface area (Å²) < 4.78 is 0. The van der Waals surface area contributed by atoms with E-state index in [-0.39, 0.29) is 24.0 Å². The molecule has 3 N–H and O–H groups in total. The van der Waals surface area contributed by atoms with Crippen molar-refractivity contribution in [1.82, 2.24) is 5.32 Å². The summed E-state index contributed by atoms with van der Waals surface area (Å²) in [5.74, 6) is 0.544. The van der Waals surface area contributed by atoms with Crippen LogP contribution in [-0.4, -0.2) is 19.0 Å². The molecule has 0 aromatic heterocycles. The first kappa shape index (κ1) is 16.8. The van der Waals surface area contributed by atoms with Gasteiger partial charge in [0.2, 0.25) is 0 Å². The van der Waals surface area contributed by atoms with E-state index in [0.29, 0.717) is 5.96 Å². The molecule has 0 saturated heterocycles. The van der Waals surface area contributed by atoms with Gasteiger partial charge in [-0.25, -0.2) is 0 Å². The summed E-state index contributed by atoms with van der Waals surface area (Å²) in [4.78, 5) is 4.21. The van der Waals surface area contributed by atoms with Crippen molar-refractivity contribution >= 4 is 40.7 Å². The van der Waals surface area contributed by atoms with E-state index in [1.165, 1.54) is 16.3 Å². The Morgan fingerprint density at radius 3 is 2.65 bits per heavy atom. The number of rotatable bonds is 5. The number of nitrogens with two attached hydrogens (primary N) is 1. The first-order valence-corrected chi connectivity index (χ1v) is 6.81. The number of hydrogen-bond acceptors (Lipinski definition) is 1. The molecule has 0 spiro atoms. The van der Waals surface area contributed by atoms with E-state index < -0.39 is 0 Å². The highest BCUT2D eigenvalue weighted by Gasteiger charge is 1.97. The Balaban J connectivity index is 0.00000200. The van der Waals surface area contributed by atoms with Crippen molar-refractivity contribution < 1.29 is 0 Å². The third-order valence-corrected chi connectivity index (χ3v) is 3.04. The van der Waals surface area contributed by atoms with Crippen molar-refractivity contribution in [2.24, 2.45) is 10.7 Å². The van der Waals surface area contributed by atoms with Gasteiger partial charge >= 0.3 is 0 Å². The predicted molar refractivity (Wildman–Crippen MR) is 97.9 cm³/mol. The summed E-state index contributed by atoms with van der Waals surface area (Å²) in [6.45, 7) is 3.69. The number of nitrogens with zero attached hydrogens (tertiary/aromatic N) is 1. The zero-order valence-electron chi connectivity index (χ0n) is 11.8. The zero-order valence-corrected chi connectivity index (χ0v) is 14.1. The monoisotopic (exact) mass is 383 g/mol. The van der Waals surface area contributed by atoms with E-state index in [4.69, 9.17) is 5.73 Å². The lowest BCUT2D eigenvalue weighted by molar-refractivity contribution is 0.840. The third kappa shape index (κ3) is 5.00. The molecule has 0 aliphatic rings. The second kappa shape index (κ2) is 8.79. The summed E-state index contributed by atoms with van der Waals surface area (Å²) in [7, 11) is 0. The van der Waals surface area contributed by atoms with Crippen LogP contribution in [-0.2, 0) is 6.42 Å². The van der Waals surface area contributed by atoms with Crippen LogP contribution in [0.15, 0.2) is 47.5 Å². The molecule has 2 rings (SSSR count). The van der Waals surface area contributed by atoms with Gasteiger partial charge in [0.1, 0.15) is 0 Å². The smallest absolute Gasteiger partial charge is 0.188 e. The molecule has 0 radical (unpaired) electrons. The first-order chi connectivity index (χ1) is 9.29. The molecule has 0 fully saturated rings. The van der Waals surface area contributed by atoms with Gasteiger partial charge in [0.05, 0.1) is 0 Å². The Morgan fingerprint density at radius 2 is 1.90 bits per heavy atom. The average Bonchev–Trinajstić information content (AvgIpc) is 2.45. The Bertz CT molecular complexity index is 566. The van der Waals surface area contributed by atoms with Crippen LogP contribution in [0, 0.1) is 0 Å². The summed E-state index contributed by atoms with van der Waals surface area (Å²) in [5, 5.41) is 5.71. The highest BCUT2D eigenvalue weighted by molar-refractivity contribution is 14.0.